The van der Waals surface area contributed by atoms with E-state index in [0.717, 1.165) is 25.7 Å². The van der Waals surface area contributed by atoms with Gasteiger partial charge in [-0.15, -0.1) is 4.39 Å². The predicted octanol–water partition coefficient (Wildman–Crippen LogP) is 4.20. The number of hydrogen-bond donors (Lipinski definition) is 1. The second kappa shape index (κ2) is 7.90. The van der Waals surface area contributed by atoms with Gasteiger partial charge in [0.25, 0.3) is 6.64 Å². The number of rotatable bonds is 5. The van der Waals surface area contributed by atoms with Crippen LogP contribution in [0.4, 0.5) is 9.18 Å². The Morgan fingerprint density at radius 3 is 2.50 bits per heavy atom. The quantitative estimate of drug-likeness (QED) is 0.257. The molecule has 9 heteroatoms. The van der Waals surface area contributed by atoms with Gasteiger partial charge in [-0.05, 0) is 36.6 Å². The number of amides is 1. The van der Waals surface area contributed by atoms with E-state index in [0.29, 0.717) is 13.2 Å². The van der Waals surface area contributed by atoms with Crippen LogP contribution in [0.2, 0.25) is 0 Å². The molecule has 0 spiro atoms. The molecule has 0 aromatic heterocycles. The molecule has 0 aromatic rings. The maximum atomic E-state index is 12.4. The Balaban J connectivity index is 2.05. The van der Waals surface area contributed by atoms with E-state index in [1.165, 1.54) is 18.4 Å². The summed E-state index contributed by atoms with van der Waals surface area (Å²) in [7, 11) is 0. The molecule has 1 N–H and O–H groups in total. The average molecular weight is 370 g/mol. The van der Waals surface area contributed by atoms with Gasteiger partial charge in [-0.1, -0.05) is 33.1 Å². The molecule has 1 aliphatic heterocycles. The normalized spacial score (nSPS) is 25.1. The minimum Gasteiger partial charge on any atom is -0.318 e. The maximum Gasteiger partial charge on any atom is 0.398 e. The summed E-state index contributed by atoms with van der Waals surface area (Å²) in [6, 6.07) is 0.266. The van der Waals surface area contributed by atoms with Gasteiger partial charge in [0, 0.05) is 11.5 Å². The highest BCUT2D eigenvalue weighted by Gasteiger charge is 2.41. The van der Waals surface area contributed by atoms with E-state index in [-0.39, 0.29) is 17.3 Å². The molecule has 1 saturated carbocycles. The Labute approximate surface area is 141 Å². The Hall–Kier alpha value is 0.280. The first-order valence-electron chi connectivity index (χ1n) is 7.57. The van der Waals surface area contributed by atoms with Crippen molar-refractivity contribution in [2.45, 2.75) is 52.0 Å². The van der Waals surface area contributed by atoms with E-state index in [4.69, 9.17) is 20.9 Å². The van der Waals surface area contributed by atoms with Crippen LogP contribution in [0.1, 0.15) is 46.0 Å². The average Bonchev–Trinajstić information content (AvgIpc) is 2.48. The maximum absolute atomic E-state index is 12.4. The molecule has 0 bridgehead atoms. The number of nitrogens with one attached hydrogen (secondary N) is 1. The smallest absolute Gasteiger partial charge is 0.318 e. The van der Waals surface area contributed by atoms with Gasteiger partial charge in [0.2, 0.25) is 0 Å². The van der Waals surface area contributed by atoms with E-state index in [1.54, 1.807) is 0 Å². The van der Waals surface area contributed by atoms with Crippen molar-refractivity contribution in [3.8, 4) is 0 Å². The molecule has 1 saturated heterocycles. The number of nitrogens with zero attached hydrogens (tertiary/aromatic N) is 1. The van der Waals surface area contributed by atoms with Crippen molar-refractivity contribution in [2.75, 3.05) is 19.1 Å². The minimum atomic E-state index is -2.58. The molecule has 5 nitrogen and oxygen atoms in total. The Morgan fingerprint density at radius 1 is 1.36 bits per heavy atom. The van der Waals surface area contributed by atoms with Crippen LogP contribution < -0.4 is 5.32 Å². The lowest BCUT2D eigenvalue weighted by atomic mass is 9.96. The lowest BCUT2D eigenvalue weighted by molar-refractivity contribution is 0.0468. The summed E-state index contributed by atoms with van der Waals surface area (Å²) >= 11 is 7.02. The summed E-state index contributed by atoms with van der Waals surface area (Å²) in [5, 5.41) is 2.16. The van der Waals surface area contributed by atoms with Crippen LogP contribution in [0.15, 0.2) is 0 Å². The van der Waals surface area contributed by atoms with Gasteiger partial charge >= 0.3 is 6.16 Å². The predicted molar refractivity (Wildman–Crippen MR) is 90.8 cm³/mol. The van der Waals surface area contributed by atoms with Crippen molar-refractivity contribution in [1.29, 1.82) is 0 Å². The number of hydrogen-bond acceptors (Lipinski definition) is 5. The zero-order valence-electron chi connectivity index (χ0n) is 13.0. The summed E-state index contributed by atoms with van der Waals surface area (Å²) in [5.74, 6) is 0.139. The first-order chi connectivity index (χ1) is 10.3. The Bertz CT molecular complexity index is 433. The summed E-state index contributed by atoms with van der Waals surface area (Å²) in [4.78, 5) is 10.5. The van der Waals surface area contributed by atoms with Crippen molar-refractivity contribution in [3.05, 3.63) is 0 Å². The van der Waals surface area contributed by atoms with Crippen LogP contribution in [0.3, 0.4) is 0 Å². The van der Waals surface area contributed by atoms with Crippen LogP contribution in [0.5, 0.6) is 0 Å². The third kappa shape index (κ3) is 5.14. The zero-order chi connectivity index (χ0) is 16.2. The molecule has 0 atom stereocenters. The van der Waals surface area contributed by atoms with E-state index in [9.17, 15) is 9.18 Å². The molecule has 0 unspecified atom stereocenters. The first kappa shape index (κ1) is 18.6. The molecule has 1 amide bonds. The summed E-state index contributed by atoms with van der Waals surface area (Å²) in [5.41, 5.74) is -0.0433. The molecule has 1 aliphatic carbocycles. The molecule has 2 aliphatic rings. The fourth-order valence-corrected chi connectivity index (χ4v) is 7.39. The fraction of sp³-hybridized carbons (Fsp3) is 0.923. The summed E-state index contributed by atoms with van der Waals surface area (Å²) in [6.45, 7) is 2.70. The molecule has 0 aromatic carbocycles. The van der Waals surface area contributed by atoms with E-state index in [2.05, 4.69) is 19.2 Å². The van der Waals surface area contributed by atoms with E-state index >= 15 is 0 Å². The van der Waals surface area contributed by atoms with Gasteiger partial charge in [-0.25, -0.2) is 4.79 Å². The van der Waals surface area contributed by atoms with E-state index in [1.807, 2.05) is 4.08 Å². The second-order valence-electron chi connectivity index (χ2n) is 6.50. The molecule has 128 valence electrons. The molecule has 22 heavy (non-hydrogen) atoms. The van der Waals surface area contributed by atoms with Gasteiger partial charge in [-0.2, -0.15) is 4.08 Å². The van der Waals surface area contributed by atoms with Gasteiger partial charge in [0.15, 0.2) is 0 Å². The van der Waals surface area contributed by atoms with Crippen molar-refractivity contribution < 1.29 is 18.2 Å². The van der Waals surface area contributed by atoms with Gasteiger partial charge in [-0.3, -0.25) is 0 Å². The molecular weight excluding hydrogens is 346 g/mol. The minimum absolute atomic E-state index is 0.0433. The Morgan fingerprint density at radius 2 is 1.95 bits per heavy atom. The lowest BCUT2D eigenvalue weighted by Gasteiger charge is -2.44. The van der Waals surface area contributed by atoms with Crippen LogP contribution in [-0.4, -0.2) is 35.4 Å². The van der Waals surface area contributed by atoms with Crippen molar-refractivity contribution in [3.63, 3.8) is 0 Å². The SMILES string of the molecule is CC1(C)COP(=S)(N(SCNC(=O)F)C2CCCCC2)OC1. The summed E-state index contributed by atoms with van der Waals surface area (Å²) < 4.78 is 26.3. The number of carbonyl (C=O) groups excluding carboxylic acids is 1. The molecule has 0 radical (unpaired) electrons. The Kier molecular flexibility index (Phi) is 6.69. The lowest BCUT2D eigenvalue weighted by Crippen LogP contribution is -2.38. The molecular formula is C13H24FN2O3PS2. The highest BCUT2D eigenvalue weighted by atomic mass is 32.5. The number of carbonyl (C=O) groups is 1. The topological polar surface area (TPSA) is 50.8 Å². The monoisotopic (exact) mass is 370 g/mol. The fourth-order valence-electron chi connectivity index (χ4n) is 2.54. The highest BCUT2D eigenvalue weighted by Crippen LogP contribution is 2.61. The third-order valence-corrected chi connectivity index (χ3v) is 8.79. The molecule has 2 rings (SSSR count). The number of halogens is 1. The van der Waals surface area contributed by atoms with Crippen molar-refractivity contribution in [1.82, 2.24) is 9.39 Å². The summed E-state index contributed by atoms with van der Waals surface area (Å²) in [6.07, 6.45) is 4.07. The van der Waals surface area contributed by atoms with Crippen molar-refractivity contribution in [2.24, 2.45) is 5.41 Å². The van der Waals surface area contributed by atoms with Gasteiger partial charge < -0.3 is 14.4 Å². The zero-order valence-corrected chi connectivity index (χ0v) is 15.6. The standard InChI is InChI=1S/C13H24FN2O3PS2/c1-13(2)8-18-20(21,19-9-13)16(22-10-15-12(14)17)11-6-4-3-5-7-11/h11H,3-10H2,1-2H3,(H,15,17). The highest BCUT2D eigenvalue weighted by molar-refractivity contribution is 8.15. The largest absolute Gasteiger partial charge is 0.398 e. The van der Waals surface area contributed by atoms with Crippen LogP contribution >= 0.6 is 18.6 Å². The van der Waals surface area contributed by atoms with Crippen LogP contribution in [-0.2, 0) is 20.9 Å². The molecule has 2 fully saturated rings. The van der Waals surface area contributed by atoms with E-state index < -0.39 is 12.8 Å². The van der Waals surface area contributed by atoms with Gasteiger partial charge in [0.1, 0.15) is 0 Å². The molecule has 1 heterocycles. The van der Waals surface area contributed by atoms with Gasteiger partial charge in [0.05, 0.1) is 19.1 Å². The third-order valence-electron chi connectivity index (χ3n) is 3.77. The first-order valence-corrected chi connectivity index (χ1v) is 11.1. The van der Waals surface area contributed by atoms with Crippen LogP contribution in [0, 0.1) is 5.41 Å². The second-order valence-corrected chi connectivity index (χ2v) is 11.0. The van der Waals surface area contributed by atoms with Crippen molar-refractivity contribution >= 4 is 36.6 Å². The van der Waals surface area contributed by atoms with Crippen LogP contribution in [0.25, 0.3) is 0 Å².